The molecule has 146 valence electrons. The Bertz CT molecular complexity index is 810. The minimum Gasteiger partial charge on any atom is -0.486 e. The third-order valence-electron chi connectivity index (χ3n) is 4.72. The Hall–Kier alpha value is -2.28. The van der Waals surface area contributed by atoms with E-state index in [9.17, 15) is 0 Å². The van der Waals surface area contributed by atoms with Crippen molar-refractivity contribution in [2.24, 2.45) is 4.99 Å². The summed E-state index contributed by atoms with van der Waals surface area (Å²) in [5.74, 6) is 2.41. The Kier molecular flexibility index (Phi) is 5.89. The van der Waals surface area contributed by atoms with Gasteiger partial charge in [-0.2, -0.15) is 0 Å². The summed E-state index contributed by atoms with van der Waals surface area (Å²) in [7, 11) is 1.78. The van der Waals surface area contributed by atoms with E-state index in [4.69, 9.17) is 9.47 Å². The highest BCUT2D eigenvalue weighted by Gasteiger charge is 2.24. The summed E-state index contributed by atoms with van der Waals surface area (Å²) in [6.07, 6.45) is 0. The summed E-state index contributed by atoms with van der Waals surface area (Å²) in [5, 5.41) is 7.83. The number of ether oxygens (including phenoxy) is 2. The number of thiazole rings is 1. The summed E-state index contributed by atoms with van der Waals surface area (Å²) in [6.45, 7) is 11.2. The summed E-state index contributed by atoms with van der Waals surface area (Å²) in [5.41, 5.74) is 2.20. The molecule has 1 aromatic heterocycles. The molecule has 0 amide bonds. The van der Waals surface area contributed by atoms with Crippen LogP contribution in [0.3, 0.4) is 0 Å². The Morgan fingerprint density at radius 1 is 1.19 bits per heavy atom. The van der Waals surface area contributed by atoms with Crippen LogP contribution in [0.25, 0.3) is 0 Å². The fourth-order valence-electron chi connectivity index (χ4n) is 2.87. The van der Waals surface area contributed by atoms with Crippen LogP contribution >= 0.6 is 11.3 Å². The minimum absolute atomic E-state index is 0.0954. The number of aryl methyl sites for hydroxylation is 2. The van der Waals surface area contributed by atoms with Gasteiger partial charge >= 0.3 is 0 Å². The van der Waals surface area contributed by atoms with Gasteiger partial charge in [0.15, 0.2) is 17.5 Å². The molecular formula is C20H28N4O2S. The normalized spacial score (nSPS) is 14.2. The standard InChI is InChI=1S/C20H28N4O2S/c1-13-14(2)27-18(24-13)11-22-19(21-5)23-12-20(3,4)15-6-7-16-17(10-15)26-9-8-25-16/h6-7,10H,8-9,11-12H2,1-5H3,(H2,21,22,23). The SMILES string of the molecule is CN=C(NCc1nc(C)c(C)s1)NCC(C)(C)c1ccc2c(c1)OCCO2. The maximum Gasteiger partial charge on any atom is 0.191 e. The smallest absolute Gasteiger partial charge is 0.191 e. The van der Waals surface area contributed by atoms with Crippen molar-refractivity contribution in [2.45, 2.75) is 39.7 Å². The van der Waals surface area contributed by atoms with Crippen LogP contribution in [-0.4, -0.2) is 37.7 Å². The molecule has 1 aliphatic heterocycles. The second-order valence-electron chi connectivity index (χ2n) is 7.27. The minimum atomic E-state index is -0.0954. The van der Waals surface area contributed by atoms with E-state index >= 15 is 0 Å². The number of fused-ring (bicyclic) bond motifs is 1. The van der Waals surface area contributed by atoms with Gasteiger partial charge in [-0.1, -0.05) is 19.9 Å². The average molecular weight is 389 g/mol. The number of hydrogen-bond acceptors (Lipinski definition) is 5. The van der Waals surface area contributed by atoms with Gasteiger partial charge in [-0.3, -0.25) is 4.99 Å². The van der Waals surface area contributed by atoms with Gasteiger partial charge in [-0.15, -0.1) is 11.3 Å². The second kappa shape index (κ2) is 8.17. The van der Waals surface area contributed by atoms with E-state index in [1.807, 2.05) is 13.0 Å². The van der Waals surface area contributed by atoms with Gasteiger partial charge in [0, 0.05) is 23.9 Å². The van der Waals surface area contributed by atoms with E-state index in [1.54, 1.807) is 18.4 Å². The lowest BCUT2D eigenvalue weighted by Gasteiger charge is -2.28. The lowest BCUT2D eigenvalue weighted by atomic mass is 9.84. The molecule has 0 spiro atoms. The van der Waals surface area contributed by atoms with Crippen molar-refractivity contribution >= 4 is 17.3 Å². The van der Waals surface area contributed by atoms with Crippen molar-refractivity contribution in [3.05, 3.63) is 39.3 Å². The molecule has 7 heteroatoms. The second-order valence-corrected chi connectivity index (χ2v) is 8.56. The Balaban J connectivity index is 1.59. The molecule has 0 atom stereocenters. The molecule has 3 rings (SSSR count). The molecule has 0 radical (unpaired) electrons. The number of nitrogens with one attached hydrogen (secondary N) is 2. The van der Waals surface area contributed by atoms with Gasteiger partial charge in [0.2, 0.25) is 0 Å². The third kappa shape index (κ3) is 4.71. The van der Waals surface area contributed by atoms with Crippen molar-refractivity contribution in [3.8, 4) is 11.5 Å². The van der Waals surface area contributed by atoms with E-state index in [0.717, 1.165) is 34.7 Å². The molecule has 1 aromatic carbocycles. The van der Waals surface area contributed by atoms with E-state index in [2.05, 4.69) is 53.5 Å². The molecule has 2 heterocycles. The monoisotopic (exact) mass is 388 g/mol. The number of aliphatic imine (C=N–C) groups is 1. The molecule has 0 aliphatic carbocycles. The number of hydrogen-bond donors (Lipinski definition) is 2. The van der Waals surface area contributed by atoms with E-state index in [-0.39, 0.29) is 5.41 Å². The third-order valence-corrected chi connectivity index (χ3v) is 5.80. The fourth-order valence-corrected chi connectivity index (χ4v) is 3.74. The highest BCUT2D eigenvalue weighted by molar-refractivity contribution is 7.11. The first-order valence-electron chi connectivity index (χ1n) is 9.16. The first kappa shape index (κ1) is 19.5. The molecule has 2 aromatic rings. The molecule has 1 aliphatic rings. The van der Waals surface area contributed by atoms with Crippen LogP contribution in [0, 0.1) is 13.8 Å². The number of rotatable bonds is 5. The molecule has 0 unspecified atom stereocenters. The number of guanidine groups is 1. The Labute approximate surface area is 165 Å². The highest BCUT2D eigenvalue weighted by atomic mass is 32.1. The summed E-state index contributed by atoms with van der Waals surface area (Å²) in [6, 6.07) is 6.17. The molecule has 0 fully saturated rings. The van der Waals surface area contributed by atoms with Gasteiger partial charge in [-0.05, 0) is 31.5 Å². The Morgan fingerprint density at radius 2 is 1.93 bits per heavy atom. The van der Waals surface area contributed by atoms with Crippen molar-refractivity contribution < 1.29 is 9.47 Å². The number of benzene rings is 1. The van der Waals surface area contributed by atoms with Crippen molar-refractivity contribution in [3.63, 3.8) is 0 Å². The number of aromatic nitrogens is 1. The lowest BCUT2D eigenvalue weighted by molar-refractivity contribution is 0.171. The van der Waals surface area contributed by atoms with Crippen LogP contribution < -0.4 is 20.1 Å². The van der Waals surface area contributed by atoms with Crippen LogP contribution in [0.5, 0.6) is 11.5 Å². The van der Waals surface area contributed by atoms with Gasteiger partial charge in [-0.25, -0.2) is 4.98 Å². The predicted molar refractivity (Wildman–Crippen MR) is 110 cm³/mol. The van der Waals surface area contributed by atoms with Crippen molar-refractivity contribution in [2.75, 3.05) is 26.8 Å². The van der Waals surface area contributed by atoms with Crippen LogP contribution in [0.1, 0.15) is 35.0 Å². The van der Waals surface area contributed by atoms with Crippen molar-refractivity contribution in [1.29, 1.82) is 0 Å². The summed E-state index contributed by atoms with van der Waals surface area (Å²) < 4.78 is 11.3. The van der Waals surface area contributed by atoms with Crippen LogP contribution in [0.2, 0.25) is 0 Å². The molecule has 27 heavy (non-hydrogen) atoms. The summed E-state index contributed by atoms with van der Waals surface area (Å²) >= 11 is 1.72. The van der Waals surface area contributed by atoms with E-state index in [1.165, 1.54) is 10.4 Å². The van der Waals surface area contributed by atoms with Crippen LogP contribution in [-0.2, 0) is 12.0 Å². The molecule has 0 saturated carbocycles. The molecule has 2 N–H and O–H groups in total. The van der Waals surface area contributed by atoms with Crippen LogP contribution in [0.15, 0.2) is 23.2 Å². The zero-order valence-electron chi connectivity index (χ0n) is 16.7. The van der Waals surface area contributed by atoms with Crippen molar-refractivity contribution in [1.82, 2.24) is 15.6 Å². The molecule has 0 bridgehead atoms. The first-order valence-corrected chi connectivity index (χ1v) is 9.98. The lowest BCUT2D eigenvalue weighted by Crippen LogP contribution is -2.43. The predicted octanol–water partition coefficient (Wildman–Crippen LogP) is 3.17. The first-order chi connectivity index (χ1) is 12.9. The maximum absolute atomic E-state index is 5.72. The Morgan fingerprint density at radius 3 is 2.59 bits per heavy atom. The fraction of sp³-hybridized carbons (Fsp3) is 0.500. The quantitative estimate of drug-likeness (QED) is 0.608. The topological polar surface area (TPSA) is 67.8 Å². The summed E-state index contributed by atoms with van der Waals surface area (Å²) in [4.78, 5) is 10.1. The van der Waals surface area contributed by atoms with Crippen LogP contribution in [0.4, 0.5) is 0 Å². The average Bonchev–Trinajstić information content (AvgIpc) is 2.99. The molecule has 6 nitrogen and oxygen atoms in total. The largest absolute Gasteiger partial charge is 0.486 e. The van der Waals surface area contributed by atoms with Gasteiger partial charge in [0.05, 0.1) is 12.2 Å². The zero-order valence-corrected chi connectivity index (χ0v) is 17.5. The molecular weight excluding hydrogens is 360 g/mol. The number of nitrogens with zero attached hydrogens (tertiary/aromatic N) is 2. The molecule has 0 saturated heterocycles. The zero-order chi connectivity index (χ0) is 19.4. The van der Waals surface area contributed by atoms with Gasteiger partial charge in [0.1, 0.15) is 18.2 Å². The van der Waals surface area contributed by atoms with E-state index in [0.29, 0.717) is 19.8 Å². The maximum atomic E-state index is 5.72. The van der Waals surface area contributed by atoms with Gasteiger partial charge < -0.3 is 20.1 Å². The van der Waals surface area contributed by atoms with E-state index < -0.39 is 0 Å². The highest BCUT2D eigenvalue weighted by Crippen LogP contribution is 2.34. The van der Waals surface area contributed by atoms with Gasteiger partial charge in [0.25, 0.3) is 0 Å².